The molecule has 86 valence electrons. The Labute approximate surface area is 92.7 Å². The summed E-state index contributed by atoms with van der Waals surface area (Å²) in [6.45, 7) is 2.20. The highest BCUT2D eigenvalue weighted by atomic mass is 16.3. The molecule has 2 heteroatoms. The lowest BCUT2D eigenvalue weighted by atomic mass is 9.75. The van der Waals surface area contributed by atoms with Crippen LogP contribution in [0.3, 0.4) is 0 Å². The van der Waals surface area contributed by atoms with Crippen LogP contribution in [0.2, 0.25) is 0 Å². The van der Waals surface area contributed by atoms with Gasteiger partial charge in [0.1, 0.15) is 0 Å². The maximum absolute atomic E-state index is 10.3. The van der Waals surface area contributed by atoms with Crippen molar-refractivity contribution in [3.63, 3.8) is 0 Å². The van der Waals surface area contributed by atoms with Gasteiger partial charge in [0.25, 0.3) is 0 Å². The second-order valence-electron chi connectivity index (χ2n) is 4.90. The van der Waals surface area contributed by atoms with Gasteiger partial charge in [-0.1, -0.05) is 6.92 Å². The van der Waals surface area contributed by atoms with Crippen molar-refractivity contribution in [1.29, 1.82) is 0 Å². The Kier molecular flexibility index (Phi) is 4.63. The van der Waals surface area contributed by atoms with Crippen LogP contribution in [0.25, 0.3) is 0 Å². The molecule has 0 aromatic heterocycles. The Morgan fingerprint density at radius 3 is 2.60 bits per heavy atom. The predicted octanol–water partition coefficient (Wildman–Crippen LogP) is 2.09. The van der Waals surface area contributed by atoms with Crippen molar-refractivity contribution in [3.8, 4) is 12.3 Å². The first kappa shape index (κ1) is 12.5. The first-order chi connectivity index (χ1) is 7.08. The van der Waals surface area contributed by atoms with E-state index in [2.05, 4.69) is 12.8 Å². The van der Waals surface area contributed by atoms with Crippen molar-refractivity contribution in [2.45, 2.75) is 63.6 Å². The SMILES string of the molecule is C#CCCCC(O)C1(O)CCC(C)CC1. The summed E-state index contributed by atoms with van der Waals surface area (Å²) in [7, 11) is 0. The van der Waals surface area contributed by atoms with Crippen molar-refractivity contribution in [1.82, 2.24) is 0 Å². The summed E-state index contributed by atoms with van der Waals surface area (Å²) in [5, 5.41) is 20.2. The number of hydrogen-bond donors (Lipinski definition) is 2. The van der Waals surface area contributed by atoms with E-state index < -0.39 is 11.7 Å². The predicted molar refractivity (Wildman–Crippen MR) is 61.3 cm³/mol. The van der Waals surface area contributed by atoms with Crippen molar-refractivity contribution >= 4 is 0 Å². The fraction of sp³-hybridized carbons (Fsp3) is 0.846. The van der Waals surface area contributed by atoms with E-state index >= 15 is 0 Å². The number of unbranched alkanes of at least 4 members (excludes halogenated alkanes) is 1. The minimum Gasteiger partial charge on any atom is -0.390 e. The molecule has 0 aromatic rings. The van der Waals surface area contributed by atoms with Gasteiger partial charge >= 0.3 is 0 Å². The summed E-state index contributed by atoms with van der Waals surface area (Å²) < 4.78 is 0. The Hall–Kier alpha value is -0.520. The Morgan fingerprint density at radius 1 is 1.47 bits per heavy atom. The van der Waals surface area contributed by atoms with Crippen molar-refractivity contribution in [3.05, 3.63) is 0 Å². The lowest BCUT2D eigenvalue weighted by molar-refractivity contribution is -0.106. The zero-order chi connectivity index (χ0) is 11.3. The van der Waals surface area contributed by atoms with Gasteiger partial charge in [0, 0.05) is 6.42 Å². The van der Waals surface area contributed by atoms with Crippen LogP contribution in [0.4, 0.5) is 0 Å². The highest BCUT2D eigenvalue weighted by Gasteiger charge is 2.37. The Morgan fingerprint density at radius 2 is 2.07 bits per heavy atom. The number of rotatable bonds is 4. The van der Waals surface area contributed by atoms with Crippen LogP contribution in [-0.4, -0.2) is 21.9 Å². The van der Waals surface area contributed by atoms with Crippen LogP contribution < -0.4 is 0 Å². The molecule has 1 rings (SSSR count). The van der Waals surface area contributed by atoms with Gasteiger partial charge in [0.05, 0.1) is 11.7 Å². The van der Waals surface area contributed by atoms with E-state index in [4.69, 9.17) is 6.42 Å². The molecule has 0 radical (unpaired) electrons. The fourth-order valence-electron chi connectivity index (χ4n) is 2.26. The van der Waals surface area contributed by atoms with Crippen molar-refractivity contribution in [2.75, 3.05) is 0 Å². The van der Waals surface area contributed by atoms with Crippen LogP contribution in [-0.2, 0) is 0 Å². The van der Waals surface area contributed by atoms with E-state index in [1.165, 1.54) is 0 Å². The van der Waals surface area contributed by atoms with Crippen LogP contribution in [0, 0.1) is 18.3 Å². The molecule has 15 heavy (non-hydrogen) atoms. The molecule has 0 bridgehead atoms. The van der Waals surface area contributed by atoms with Gasteiger partial charge in [-0.25, -0.2) is 0 Å². The second-order valence-corrected chi connectivity index (χ2v) is 4.90. The third kappa shape index (κ3) is 3.52. The largest absolute Gasteiger partial charge is 0.390 e. The van der Waals surface area contributed by atoms with E-state index in [9.17, 15) is 10.2 Å². The minimum absolute atomic E-state index is 0.599. The quantitative estimate of drug-likeness (QED) is 0.551. The molecule has 0 heterocycles. The number of hydrogen-bond acceptors (Lipinski definition) is 2. The van der Waals surface area contributed by atoms with Gasteiger partial charge in [0.15, 0.2) is 0 Å². The van der Waals surface area contributed by atoms with Crippen LogP contribution in [0.1, 0.15) is 51.9 Å². The molecule has 1 saturated carbocycles. The Balaban J connectivity index is 2.37. The molecule has 1 aliphatic carbocycles. The lowest BCUT2D eigenvalue weighted by Crippen LogP contribution is -2.45. The van der Waals surface area contributed by atoms with Gasteiger partial charge in [-0.3, -0.25) is 0 Å². The molecule has 2 N–H and O–H groups in total. The van der Waals surface area contributed by atoms with E-state index in [0.29, 0.717) is 18.8 Å². The first-order valence-electron chi connectivity index (χ1n) is 5.92. The Bertz CT molecular complexity index is 221. The van der Waals surface area contributed by atoms with Crippen LogP contribution >= 0.6 is 0 Å². The molecule has 0 spiro atoms. The zero-order valence-electron chi connectivity index (χ0n) is 9.58. The lowest BCUT2D eigenvalue weighted by Gasteiger charge is -2.38. The molecule has 0 aliphatic heterocycles. The summed E-state index contributed by atoms with van der Waals surface area (Å²) in [5.74, 6) is 3.24. The maximum Gasteiger partial charge on any atom is 0.0905 e. The van der Waals surface area contributed by atoms with E-state index in [-0.39, 0.29) is 0 Å². The fourth-order valence-corrected chi connectivity index (χ4v) is 2.26. The highest BCUT2D eigenvalue weighted by Crippen LogP contribution is 2.35. The zero-order valence-corrected chi connectivity index (χ0v) is 9.58. The van der Waals surface area contributed by atoms with Gasteiger partial charge < -0.3 is 10.2 Å². The third-order valence-corrected chi connectivity index (χ3v) is 3.56. The molecule has 0 saturated heterocycles. The summed E-state index contributed by atoms with van der Waals surface area (Å²) in [6.07, 6.45) is 10.1. The smallest absolute Gasteiger partial charge is 0.0905 e. The summed E-state index contributed by atoms with van der Waals surface area (Å²) in [6, 6.07) is 0. The molecule has 1 unspecified atom stereocenters. The molecule has 2 nitrogen and oxygen atoms in total. The average molecular weight is 210 g/mol. The van der Waals surface area contributed by atoms with Gasteiger partial charge in [-0.2, -0.15) is 0 Å². The van der Waals surface area contributed by atoms with Crippen LogP contribution in [0.15, 0.2) is 0 Å². The second kappa shape index (κ2) is 5.53. The van der Waals surface area contributed by atoms with Gasteiger partial charge in [-0.15, -0.1) is 12.3 Å². The summed E-state index contributed by atoms with van der Waals surface area (Å²) >= 11 is 0. The standard InChI is InChI=1S/C13H22O2/c1-3-4-5-6-12(14)13(15)9-7-11(2)8-10-13/h1,11-12,14-15H,4-10H2,2H3. The molecule has 0 amide bonds. The molecule has 1 aliphatic rings. The monoisotopic (exact) mass is 210 g/mol. The highest BCUT2D eigenvalue weighted by molar-refractivity contribution is 4.91. The van der Waals surface area contributed by atoms with E-state index in [1.807, 2.05) is 0 Å². The topological polar surface area (TPSA) is 40.5 Å². The number of terminal acetylenes is 1. The molecular formula is C13H22O2. The molecule has 0 aromatic carbocycles. The normalized spacial score (nSPS) is 33.3. The van der Waals surface area contributed by atoms with E-state index in [0.717, 1.165) is 32.1 Å². The first-order valence-corrected chi connectivity index (χ1v) is 5.92. The molecular weight excluding hydrogens is 188 g/mol. The average Bonchev–Trinajstić information content (AvgIpc) is 2.23. The van der Waals surface area contributed by atoms with E-state index in [1.54, 1.807) is 0 Å². The van der Waals surface area contributed by atoms with Crippen molar-refractivity contribution < 1.29 is 10.2 Å². The molecule has 1 atom stereocenters. The molecule has 1 fully saturated rings. The number of aliphatic hydroxyl groups excluding tert-OH is 1. The van der Waals surface area contributed by atoms with Crippen LogP contribution in [0.5, 0.6) is 0 Å². The van der Waals surface area contributed by atoms with Gasteiger partial charge in [-0.05, 0) is 44.4 Å². The van der Waals surface area contributed by atoms with Gasteiger partial charge in [0.2, 0.25) is 0 Å². The third-order valence-electron chi connectivity index (χ3n) is 3.56. The maximum atomic E-state index is 10.3. The number of aliphatic hydroxyl groups is 2. The minimum atomic E-state index is -0.846. The summed E-state index contributed by atoms with van der Waals surface area (Å²) in [4.78, 5) is 0. The van der Waals surface area contributed by atoms with Crippen molar-refractivity contribution in [2.24, 2.45) is 5.92 Å². The summed E-state index contributed by atoms with van der Waals surface area (Å²) in [5.41, 5.74) is -0.846.